The highest BCUT2D eigenvalue weighted by atomic mass is 32.2. The standard InChI is InChI=1S/C5H5F3N4O2S/c6-5(7,8)3-10-11-4(12(3)9)15-1-2(13)14/h1,9H2,(H,13,14)/p-1. The van der Waals surface area contributed by atoms with Gasteiger partial charge in [0.05, 0.1) is 5.97 Å². The number of aliphatic carboxylic acids is 1. The number of hydrogen-bond acceptors (Lipinski definition) is 6. The number of halogens is 3. The molecule has 0 aliphatic heterocycles. The number of carboxylic acid groups (broad SMARTS) is 1. The van der Waals surface area contributed by atoms with Gasteiger partial charge in [-0.05, 0) is 0 Å². The second-order valence-corrected chi connectivity index (χ2v) is 3.28. The fourth-order valence-electron chi connectivity index (χ4n) is 0.692. The first kappa shape index (κ1) is 11.6. The number of nitrogens with two attached hydrogens (primary N) is 1. The van der Waals surface area contributed by atoms with Crippen LogP contribution in [0.15, 0.2) is 5.16 Å². The molecule has 1 heterocycles. The largest absolute Gasteiger partial charge is 0.549 e. The van der Waals surface area contributed by atoms with Crippen LogP contribution < -0.4 is 10.9 Å². The predicted octanol–water partition coefficient (Wildman–Crippen LogP) is -1.15. The van der Waals surface area contributed by atoms with Crippen molar-refractivity contribution >= 4 is 17.7 Å². The highest BCUT2D eigenvalue weighted by Crippen LogP contribution is 2.28. The minimum atomic E-state index is -4.72. The highest BCUT2D eigenvalue weighted by Gasteiger charge is 2.38. The molecule has 0 radical (unpaired) electrons. The molecule has 1 aromatic rings. The van der Waals surface area contributed by atoms with E-state index in [-0.39, 0.29) is 9.83 Å². The summed E-state index contributed by atoms with van der Waals surface area (Å²) >= 11 is 0.494. The Morgan fingerprint density at radius 2 is 2.13 bits per heavy atom. The molecule has 1 aromatic heterocycles. The molecule has 15 heavy (non-hydrogen) atoms. The molecule has 0 aliphatic rings. The second-order valence-electron chi connectivity index (χ2n) is 2.33. The van der Waals surface area contributed by atoms with E-state index in [1.165, 1.54) is 0 Å². The molecule has 1 rings (SSSR count). The lowest BCUT2D eigenvalue weighted by Crippen LogP contribution is -2.25. The number of alkyl halides is 3. The molecule has 0 unspecified atom stereocenters. The van der Waals surface area contributed by atoms with Crippen molar-refractivity contribution in [1.82, 2.24) is 14.9 Å². The molecule has 0 saturated heterocycles. The Morgan fingerprint density at radius 3 is 2.53 bits per heavy atom. The Kier molecular flexibility index (Phi) is 3.07. The maximum atomic E-state index is 12.1. The third kappa shape index (κ3) is 2.75. The third-order valence-electron chi connectivity index (χ3n) is 1.24. The maximum Gasteiger partial charge on any atom is 0.453 e. The topological polar surface area (TPSA) is 96.9 Å². The maximum absolute atomic E-state index is 12.1. The van der Waals surface area contributed by atoms with E-state index >= 15 is 0 Å². The Labute approximate surface area is 85.2 Å². The summed E-state index contributed by atoms with van der Waals surface area (Å²) in [5.41, 5.74) is 0. The molecule has 0 saturated carbocycles. The Balaban J connectivity index is 2.85. The predicted molar refractivity (Wildman–Crippen MR) is 40.9 cm³/mol. The van der Waals surface area contributed by atoms with Crippen LogP contribution in [0.4, 0.5) is 13.2 Å². The molecule has 0 amide bonds. The number of carboxylic acids is 1. The number of carbonyl (C=O) groups excluding carboxylic acids is 1. The van der Waals surface area contributed by atoms with Crippen molar-refractivity contribution in [3.05, 3.63) is 5.82 Å². The van der Waals surface area contributed by atoms with E-state index in [1.54, 1.807) is 0 Å². The van der Waals surface area contributed by atoms with Gasteiger partial charge in [0, 0.05) is 5.75 Å². The molecule has 84 valence electrons. The number of carbonyl (C=O) groups is 1. The number of nitrogen functional groups attached to an aromatic ring is 1. The summed E-state index contributed by atoms with van der Waals surface area (Å²) in [4.78, 5) is 10.0. The van der Waals surface area contributed by atoms with Crippen molar-refractivity contribution in [2.75, 3.05) is 11.6 Å². The van der Waals surface area contributed by atoms with E-state index in [9.17, 15) is 23.1 Å². The van der Waals surface area contributed by atoms with Gasteiger partial charge < -0.3 is 15.7 Å². The summed E-state index contributed by atoms with van der Waals surface area (Å²) in [5.74, 6) is 1.65. The molecule has 0 fully saturated rings. The quantitative estimate of drug-likeness (QED) is 0.530. The molecule has 10 heteroatoms. The number of hydrogen-bond donors (Lipinski definition) is 1. The van der Waals surface area contributed by atoms with Crippen LogP contribution in [0.3, 0.4) is 0 Å². The van der Waals surface area contributed by atoms with Crippen LogP contribution >= 0.6 is 11.8 Å². The van der Waals surface area contributed by atoms with Crippen molar-refractivity contribution in [3.8, 4) is 0 Å². The van der Waals surface area contributed by atoms with Gasteiger partial charge in [-0.25, -0.2) is 4.68 Å². The van der Waals surface area contributed by atoms with E-state index in [2.05, 4.69) is 10.2 Å². The van der Waals surface area contributed by atoms with Crippen LogP contribution in [0.25, 0.3) is 0 Å². The molecule has 0 atom stereocenters. The van der Waals surface area contributed by atoms with E-state index in [1.807, 2.05) is 0 Å². The molecule has 6 nitrogen and oxygen atoms in total. The molecule has 2 N–H and O–H groups in total. The van der Waals surface area contributed by atoms with Gasteiger partial charge in [0.2, 0.25) is 5.16 Å². The van der Waals surface area contributed by atoms with E-state index in [4.69, 9.17) is 5.84 Å². The highest BCUT2D eigenvalue weighted by molar-refractivity contribution is 7.99. The van der Waals surface area contributed by atoms with Gasteiger partial charge >= 0.3 is 6.18 Å². The minimum Gasteiger partial charge on any atom is -0.549 e. The molecule has 0 aromatic carbocycles. The number of nitrogens with zero attached hydrogens (tertiary/aromatic N) is 3. The van der Waals surface area contributed by atoms with Crippen molar-refractivity contribution in [2.45, 2.75) is 11.3 Å². The lowest BCUT2D eigenvalue weighted by molar-refractivity contribution is -0.301. The van der Waals surface area contributed by atoms with Crippen LogP contribution in [-0.2, 0) is 11.0 Å². The summed E-state index contributed by atoms with van der Waals surface area (Å²) in [6.07, 6.45) is -4.72. The van der Waals surface area contributed by atoms with Gasteiger partial charge in [0.15, 0.2) is 0 Å². The molecule has 0 aliphatic carbocycles. The van der Waals surface area contributed by atoms with Crippen molar-refractivity contribution < 1.29 is 23.1 Å². The Bertz CT molecular complexity index is 377. The molecule has 0 bridgehead atoms. The van der Waals surface area contributed by atoms with Crippen LogP contribution in [0.5, 0.6) is 0 Å². The van der Waals surface area contributed by atoms with E-state index in [0.717, 1.165) is 0 Å². The smallest absolute Gasteiger partial charge is 0.453 e. The van der Waals surface area contributed by atoms with Gasteiger partial charge in [0.1, 0.15) is 0 Å². The first-order valence-corrected chi connectivity index (χ1v) is 4.41. The summed E-state index contributed by atoms with van der Waals surface area (Å²) in [6.45, 7) is 0. The van der Waals surface area contributed by atoms with Crippen molar-refractivity contribution in [1.29, 1.82) is 0 Å². The van der Waals surface area contributed by atoms with Gasteiger partial charge in [0.25, 0.3) is 5.82 Å². The average Bonchev–Trinajstić information content (AvgIpc) is 2.42. The average molecular weight is 241 g/mol. The zero-order valence-electron chi connectivity index (χ0n) is 6.98. The van der Waals surface area contributed by atoms with Crippen LogP contribution in [0.2, 0.25) is 0 Å². The minimum absolute atomic E-state index is 0.188. The van der Waals surface area contributed by atoms with E-state index in [0.29, 0.717) is 11.8 Å². The fraction of sp³-hybridized carbons (Fsp3) is 0.400. The molecular weight excluding hydrogens is 237 g/mol. The van der Waals surface area contributed by atoms with Crippen molar-refractivity contribution in [2.24, 2.45) is 0 Å². The number of rotatable bonds is 3. The third-order valence-corrected chi connectivity index (χ3v) is 2.15. The van der Waals surface area contributed by atoms with Gasteiger partial charge in [-0.15, -0.1) is 10.2 Å². The monoisotopic (exact) mass is 241 g/mol. The van der Waals surface area contributed by atoms with Gasteiger partial charge in [-0.1, -0.05) is 11.8 Å². The Morgan fingerprint density at radius 1 is 1.53 bits per heavy atom. The lowest BCUT2D eigenvalue weighted by atomic mass is 10.6. The van der Waals surface area contributed by atoms with Gasteiger partial charge in [-0.3, -0.25) is 0 Å². The van der Waals surface area contributed by atoms with Crippen LogP contribution in [0, 0.1) is 0 Å². The fourth-order valence-corrected chi connectivity index (χ4v) is 1.26. The Hall–Kier alpha value is -1.45. The number of aromatic nitrogens is 3. The van der Waals surface area contributed by atoms with E-state index < -0.39 is 23.7 Å². The molecular formula is C5H4F3N4O2S-. The zero-order valence-corrected chi connectivity index (χ0v) is 7.80. The summed E-state index contributed by atoms with van der Waals surface area (Å²) in [5, 5.41) is 15.6. The summed E-state index contributed by atoms with van der Waals surface area (Å²) in [6, 6.07) is 0. The SMILES string of the molecule is Nn1c(SCC(=O)[O-])nnc1C(F)(F)F. The summed E-state index contributed by atoms with van der Waals surface area (Å²) < 4.78 is 36.5. The number of thioether (sulfide) groups is 1. The second kappa shape index (κ2) is 3.96. The van der Waals surface area contributed by atoms with Crippen molar-refractivity contribution in [3.63, 3.8) is 0 Å². The van der Waals surface area contributed by atoms with Gasteiger partial charge in [-0.2, -0.15) is 13.2 Å². The van der Waals surface area contributed by atoms with Crippen LogP contribution in [-0.4, -0.2) is 26.6 Å². The first-order valence-electron chi connectivity index (χ1n) is 3.42. The molecule has 0 spiro atoms. The normalized spacial score (nSPS) is 11.7. The first-order chi connectivity index (χ1) is 6.82. The van der Waals surface area contributed by atoms with Crippen LogP contribution in [0.1, 0.15) is 5.82 Å². The lowest BCUT2D eigenvalue weighted by Gasteiger charge is -2.05. The zero-order chi connectivity index (χ0) is 11.6. The summed E-state index contributed by atoms with van der Waals surface area (Å²) in [7, 11) is 0.